The normalized spacial score (nSPS) is 11.0. The maximum Gasteiger partial charge on any atom is 0.164 e. The Morgan fingerprint density at radius 2 is 0.439 bits per heavy atom. The van der Waals surface area contributed by atoms with Crippen molar-refractivity contribution in [3.05, 3.63) is 255 Å². The van der Waals surface area contributed by atoms with Gasteiger partial charge in [0, 0.05) is 44.5 Å². The Bertz CT molecular complexity index is 3210. The highest BCUT2D eigenvalue weighted by molar-refractivity contribution is 6.05. The molecule has 0 amide bonds. The van der Waals surface area contributed by atoms with Gasteiger partial charge in [-0.1, -0.05) is 243 Å². The first-order valence-corrected chi connectivity index (χ1v) is 22.2. The molecule has 0 radical (unpaired) electrons. The van der Waals surface area contributed by atoms with Crippen molar-refractivity contribution in [3.8, 4) is 112 Å². The summed E-state index contributed by atoms with van der Waals surface area (Å²) in [6, 6.07) is 88.8. The van der Waals surface area contributed by atoms with Gasteiger partial charge in [-0.05, 0) is 51.1 Å². The summed E-state index contributed by atoms with van der Waals surface area (Å²) in [6.45, 7) is 0. The van der Waals surface area contributed by atoms with Crippen LogP contribution in [0.5, 0.6) is 0 Å². The number of pyridine rings is 1. The first-order valence-electron chi connectivity index (χ1n) is 22.2. The molecule has 0 atom stereocenters. The fourth-order valence-electron chi connectivity index (χ4n) is 8.74. The molecule has 0 bridgehead atoms. The van der Waals surface area contributed by atoms with Gasteiger partial charge < -0.3 is 0 Å². The van der Waals surface area contributed by atoms with Crippen LogP contribution in [0.1, 0.15) is 0 Å². The van der Waals surface area contributed by atoms with E-state index in [0.29, 0.717) is 17.5 Å². The van der Waals surface area contributed by atoms with Crippen LogP contribution in [0, 0.1) is 0 Å². The van der Waals surface area contributed by atoms with Crippen LogP contribution in [0.3, 0.4) is 0 Å². The SMILES string of the molecule is c1ccc(-c2cccc(-c3nc(-c4ccc(-c5c(-c6ccccc6)c(-c6ccccc6)nc(-c6ccccc6)c5-c5ccccc5)cc4)nc(-c4cccc(-c5ccccc5)c4)n3)c2)cc1. The number of hydrogen-bond donors (Lipinski definition) is 0. The molecule has 0 spiro atoms. The second-order valence-electron chi connectivity index (χ2n) is 16.2. The van der Waals surface area contributed by atoms with Gasteiger partial charge in [0.25, 0.3) is 0 Å². The molecule has 0 fully saturated rings. The predicted octanol–water partition coefficient (Wildman–Crippen LogP) is 15.9. The molecule has 11 rings (SSSR count). The van der Waals surface area contributed by atoms with Crippen molar-refractivity contribution in [1.29, 1.82) is 0 Å². The van der Waals surface area contributed by atoms with Gasteiger partial charge in [-0.15, -0.1) is 0 Å². The van der Waals surface area contributed by atoms with Crippen LogP contribution in [-0.4, -0.2) is 19.9 Å². The van der Waals surface area contributed by atoms with Crippen molar-refractivity contribution in [2.45, 2.75) is 0 Å². The predicted molar refractivity (Wildman–Crippen MR) is 272 cm³/mol. The molecule has 4 heteroatoms. The molecule has 66 heavy (non-hydrogen) atoms. The Morgan fingerprint density at radius 1 is 0.167 bits per heavy atom. The van der Waals surface area contributed by atoms with Gasteiger partial charge in [-0.25, -0.2) is 19.9 Å². The van der Waals surface area contributed by atoms with E-state index in [0.717, 1.165) is 94.8 Å². The topological polar surface area (TPSA) is 51.6 Å². The van der Waals surface area contributed by atoms with Gasteiger partial charge in [0.2, 0.25) is 0 Å². The molecule has 0 saturated heterocycles. The van der Waals surface area contributed by atoms with Crippen LogP contribution in [-0.2, 0) is 0 Å². The van der Waals surface area contributed by atoms with Gasteiger partial charge in [0.15, 0.2) is 17.5 Å². The standard InChI is InChI=1S/C62H42N4/c1-7-21-43(22-8-1)51-33-19-35-53(41-51)61-64-60(65-62(66-61)54-36-20-34-52(42-54)44-23-9-2-10-24-44)50-39-37-47(38-40-50)55-56(45-25-11-3-12-26-45)58(48-29-15-5-16-30-48)63-59(49-31-17-6-18-32-49)57(55)46-27-13-4-14-28-46/h1-42H. The Balaban J connectivity index is 1.12. The van der Waals surface area contributed by atoms with E-state index < -0.39 is 0 Å². The monoisotopic (exact) mass is 842 g/mol. The lowest BCUT2D eigenvalue weighted by Crippen LogP contribution is -2.02. The lowest BCUT2D eigenvalue weighted by atomic mass is 9.83. The minimum Gasteiger partial charge on any atom is -0.246 e. The minimum absolute atomic E-state index is 0.591. The fourth-order valence-corrected chi connectivity index (χ4v) is 8.74. The van der Waals surface area contributed by atoms with Gasteiger partial charge in [-0.2, -0.15) is 0 Å². The number of nitrogens with zero attached hydrogens (tertiary/aromatic N) is 4. The van der Waals surface area contributed by atoms with E-state index in [1.807, 2.05) is 12.1 Å². The quantitative estimate of drug-likeness (QED) is 0.138. The average Bonchev–Trinajstić information content (AvgIpc) is 3.42. The molecule has 0 aliphatic carbocycles. The summed E-state index contributed by atoms with van der Waals surface area (Å²) in [5.74, 6) is 1.80. The highest BCUT2D eigenvalue weighted by Gasteiger charge is 2.25. The fraction of sp³-hybridized carbons (Fsp3) is 0. The van der Waals surface area contributed by atoms with Crippen molar-refractivity contribution in [1.82, 2.24) is 19.9 Å². The average molecular weight is 843 g/mol. The van der Waals surface area contributed by atoms with E-state index >= 15 is 0 Å². The van der Waals surface area contributed by atoms with Crippen LogP contribution in [0.25, 0.3) is 112 Å². The second kappa shape index (κ2) is 18.1. The molecule has 0 aliphatic rings. The van der Waals surface area contributed by atoms with Gasteiger partial charge in [0.05, 0.1) is 11.4 Å². The van der Waals surface area contributed by atoms with Gasteiger partial charge >= 0.3 is 0 Å². The summed E-state index contributed by atoms with van der Waals surface area (Å²) < 4.78 is 0. The zero-order valence-corrected chi connectivity index (χ0v) is 36.0. The van der Waals surface area contributed by atoms with Crippen LogP contribution in [0.15, 0.2) is 255 Å². The Hall–Kier alpha value is -8.86. The number of rotatable bonds is 10. The second-order valence-corrected chi connectivity index (χ2v) is 16.2. The molecule has 0 N–H and O–H groups in total. The van der Waals surface area contributed by atoms with E-state index in [-0.39, 0.29) is 0 Å². The summed E-state index contributed by atoms with van der Waals surface area (Å²) in [5, 5.41) is 0. The van der Waals surface area contributed by atoms with Crippen molar-refractivity contribution in [2.75, 3.05) is 0 Å². The number of aromatic nitrogens is 4. The van der Waals surface area contributed by atoms with Crippen molar-refractivity contribution in [2.24, 2.45) is 0 Å². The molecule has 0 saturated carbocycles. The minimum atomic E-state index is 0.591. The van der Waals surface area contributed by atoms with E-state index in [1.165, 1.54) is 0 Å². The highest BCUT2D eigenvalue weighted by Crippen LogP contribution is 2.49. The molecule has 0 aliphatic heterocycles. The molecular formula is C62H42N4. The molecule has 0 unspecified atom stereocenters. The summed E-state index contributed by atoms with van der Waals surface area (Å²) in [5.41, 5.74) is 17.5. The smallest absolute Gasteiger partial charge is 0.164 e. The lowest BCUT2D eigenvalue weighted by molar-refractivity contribution is 1.07. The highest BCUT2D eigenvalue weighted by atomic mass is 15.0. The first-order chi connectivity index (χ1) is 32.7. The molecule has 2 aromatic heterocycles. The zero-order chi connectivity index (χ0) is 44.1. The Morgan fingerprint density at radius 3 is 0.818 bits per heavy atom. The van der Waals surface area contributed by atoms with Crippen LogP contribution in [0.2, 0.25) is 0 Å². The zero-order valence-electron chi connectivity index (χ0n) is 36.0. The molecule has 4 nitrogen and oxygen atoms in total. The summed E-state index contributed by atoms with van der Waals surface area (Å²) in [4.78, 5) is 21.2. The largest absolute Gasteiger partial charge is 0.246 e. The van der Waals surface area contributed by atoms with E-state index in [9.17, 15) is 0 Å². The van der Waals surface area contributed by atoms with Crippen LogP contribution in [0.4, 0.5) is 0 Å². The van der Waals surface area contributed by atoms with E-state index in [1.54, 1.807) is 0 Å². The summed E-state index contributed by atoms with van der Waals surface area (Å²) in [7, 11) is 0. The third kappa shape index (κ3) is 8.11. The molecule has 310 valence electrons. The van der Waals surface area contributed by atoms with E-state index in [2.05, 4.69) is 243 Å². The van der Waals surface area contributed by atoms with Crippen molar-refractivity contribution < 1.29 is 0 Å². The maximum atomic E-state index is 5.62. The summed E-state index contributed by atoms with van der Waals surface area (Å²) in [6.07, 6.45) is 0. The molecule has 9 aromatic carbocycles. The summed E-state index contributed by atoms with van der Waals surface area (Å²) >= 11 is 0. The molecular weight excluding hydrogens is 801 g/mol. The van der Waals surface area contributed by atoms with Gasteiger partial charge in [0.1, 0.15) is 0 Å². The first kappa shape index (κ1) is 40.0. The molecule has 2 heterocycles. The third-order valence-electron chi connectivity index (χ3n) is 11.9. The van der Waals surface area contributed by atoms with Gasteiger partial charge in [-0.3, -0.25) is 0 Å². The van der Waals surface area contributed by atoms with Crippen molar-refractivity contribution >= 4 is 0 Å². The Kier molecular flexibility index (Phi) is 10.9. The lowest BCUT2D eigenvalue weighted by Gasteiger charge is -2.23. The van der Waals surface area contributed by atoms with Crippen LogP contribution < -0.4 is 0 Å². The third-order valence-corrected chi connectivity index (χ3v) is 11.9. The maximum absolute atomic E-state index is 5.62. The Labute approximate surface area is 385 Å². The number of benzene rings is 9. The molecule has 11 aromatic rings. The van der Waals surface area contributed by atoms with E-state index in [4.69, 9.17) is 19.9 Å². The van der Waals surface area contributed by atoms with Crippen molar-refractivity contribution in [3.63, 3.8) is 0 Å². The number of hydrogen-bond acceptors (Lipinski definition) is 4. The van der Waals surface area contributed by atoms with Crippen LogP contribution >= 0.6 is 0 Å².